The van der Waals surface area contributed by atoms with Gasteiger partial charge in [-0.1, -0.05) is 6.92 Å². The maximum Gasteiger partial charge on any atom is 0.573 e. The molecule has 1 amide bonds. The molecule has 0 atom stereocenters. The van der Waals surface area contributed by atoms with E-state index in [4.69, 9.17) is 0 Å². The molecule has 0 aliphatic rings. The summed E-state index contributed by atoms with van der Waals surface area (Å²) in [6, 6.07) is 3.80. The van der Waals surface area contributed by atoms with E-state index in [9.17, 15) is 26.4 Å². The minimum atomic E-state index is -4.85. The molecule has 0 unspecified atom stereocenters. The number of benzene rings is 1. The Morgan fingerprint density at radius 3 is 2.22 bits per heavy atom. The lowest BCUT2D eigenvalue weighted by atomic mass is 10.3. The summed E-state index contributed by atoms with van der Waals surface area (Å²) in [7, 11) is -3.99. The zero-order valence-corrected chi connectivity index (χ0v) is 13.4. The molecule has 1 aromatic rings. The van der Waals surface area contributed by atoms with Gasteiger partial charge in [-0.2, -0.15) is 4.31 Å². The van der Waals surface area contributed by atoms with Gasteiger partial charge in [0.25, 0.3) is 0 Å². The van der Waals surface area contributed by atoms with Crippen molar-refractivity contribution in [2.45, 2.75) is 25.1 Å². The Balaban J connectivity index is 2.95. The molecular formula is C13H17F3N2O4S. The van der Waals surface area contributed by atoms with Crippen molar-refractivity contribution in [1.29, 1.82) is 0 Å². The standard InChI is InChI=1S/C13H17F3N2O4S/c1-3-17-12(19)9-18(4-2)23(20,21)11-7-5-10(6-8-11)22-13(14,15)16/h5-8H,3-4,9H2,1-2H3,(H,17,19). The van der Waals surface area contributed by atoms with Crippen molar-refractivity contribution < 1.29 is 31.1 Å². The number of rotatable bonds is 7. The van der Waals surface area contributed by atoms with Crippen LogP contribution < -0.4 is 10.1 Å². The zero-order chi connectivity index (χ0) is 17.7. The molecule has 0 aliphatic heterocycles. The fraction of sp³-hybridized carbons (Fsp3) is 0.462. The van der Waals surface area contributed by atoms with Gasteiger partial charge in [-0.25, -0.2) is 8.42 Å². The van der Waals surface area contributed by atoms with Crippen LogP contribution in [0.4, 0.5) is 13.2 Å². The summed E-state index contributed by atoms with van der Waals surface area (Å²) in [5, 5.41) is 2.48. The van der Waals surface area contributed by atoms with E-state index in [-0.39, 0.29) is 18.0 Å². The normalized spacial score (nSPS) is 12.3. The molecule has 0 saturated heterocycles. The van der Waals surface area contributed by atoms with Gasteiger partial charge in [0.15, 0.2) is 0 Å². The van der Waals surface area contributed by atoms with Crippen LogP contribution in [0.25, 0.3) is 0 Å². The number of amides is 1. The Labute approximate surface area is 132 Å². The van der Waals surface area contributed by atoms with E-state index in [1.165, 1.54) is 0 Å². The highest BCUT2D eigenvalue weighted by Crippen LogP contribution is 2.25. The molecule has 0 spiro atoms. The lowest BCUT2D eigenvalue weighted by Crippen LogP contribution is -2.40. The maximum absolute atomic E-state index is 12.4. The molecule has 0 saturated carbocycles. The highest BCUT2D eigenvalue weighted by atomic mass is 32.2. The number of sulfonamides is 1. The van der Waals surface area contributed by atoms with E-state index < -0.39 is 28.0 Å². The summed E-state index contributed by atoms with van der Waals surface area (Å²) in [5.74, 6) is -0.988. The molecule has 0 heterocycles. The second-order valence-corrected chi connectivity index (χ2v) is 6.34. The Morgan fingerprint density at radius 2 is 1.78 bits per heavy atom. The lowest BCUT2D eigenvalue weighted by Gasteiger charge is -2.20. The number of hydrogen-bond acceptors (Lipinski definition) is 4. The van der Waals surface area contributed by atoms with Crippen molar-refractivity contribution in [3.8, 4) is 5.75 Å². The van der Waals surface area contributed by atoms with Crippen LogP contribution in [-0.4, -0.2) is 44.6 Å². The maximum atomic E-state index is 12.4. The predicted molar refractivity (Wildman–Crippen MR) is 76.2 cm³/mol. The number of nitrogens with zero attached hydrogens (tertiary/aromatic N) is 1. The third-order valence-corrected chi connectivity index (χ3v) is 4.68. The van der Waals surface area contributed by atoms with E-state index in [2.05, 4.69) is 10.1 Å². The van der Waals surface area contributed by atoms with Crippen LogP contribution >= 0.6 is 0 Å². The fourth-order valence-electron chi connectivity index (χ4n) is 1.74. The first-order chi connectivity index (χ1) is 10.6. The number of likely N-dealkylation sites (N-methyl/N-ethyl adjacent to an activating group) is 2. The topological polar surface area (TPSA) is 75.7 Å². The molecule has 1 rings (SSSR count). The Kier molecular flexibility index (Phi) is 6.39. The quantitative estimate of drug-likeness (QED) is 0.809. The van der Waals surface area contributed by atoms with Gasteiger partial charge in [0.1, 0.15) is 5.75 Å². The molecule has 0 fully saturated rings. The molecule has 6 nitrogen and oxygen atoms in total. The van der Waals surface area contributed by atoms with Crippen LogP contribution in [-0.2, 0) is 14.8 Å². The van der Waals surface area contributed by atoms with E-state index >= 15 is 0 Å². The largest absolute Gasteiger partial charge is 0.573 e. The first-order valence-electron chi connectivity index (χ1n) is 6.72. The summed E-state index contributed by atoms with van der Waals surface area (Å²) in [6.07, 6.45) is -4.85. The molecule has 130 valence electrons. The third kappa shape index (κ3) is 5.71. The van der Waals surface area contributed by atoms with Crippen LogP contribution in [0.2, 0.25) is 0 Å². The average Bonchev–Trinajstić information content (AvgIpc) is 2.43. The van der Waals surface area contributed by atoms with Crippen LogP contribution in [0.3, 0.4) is 0 Å². The van der Waals surface area contributed by atoms with Crippen molar-refractivity contribution in [3.63, 3.8) is 0 Å². The van der Waals surface area contributed by atoms with Gasteiger partial charge in [0, 0.05) is 13.1 Å². The van der Waals surface area contributed by atoms with Crippen LogP contribution in [0.15, 0.2) is 29.2 Å². The van der Waals surface area contributed by atoms with E-state index in [0.717, 1.165) is 28.6 Å². The fourth-order valence-corrected chi connectivity index (χ4v) is 3.15. The minimum Gasteiger partial charge on any atom is -0.406 e. The number of nitrogens with one attached hydrogen (secondary N) is 1. The Bertz CT molecular complexity index is 630. The van der Waals surface area contributed by atoms with Crippen molar-refractivity contribution in [1.82, 2.24) is 9.62 Å². The molecule has 10 heteroatoms. The number of carbonyl (C=O) groups excluding carboxylic acids is 1. The SMILES string of the molecule is CCNC(=O)CN(CC)S(=O)(=O)c1ccc(OC(F)(F)F)cc1. The monoisotopic (exact) mass is 354 g/mol. The zero-order valence-electron chi connectivity index (χ0n) is 12.6. The van der Waals surface area contributed by atoms with Crippen LogP contribution in [0.1, 0.15) is 13.8 Å². The molecule has 1 N–H and O–H groups in total. The van der Waals surface area contributed by atoms with Crippen LogP contribution in [0.5, 0.6) is 5.75 Å². The summed E-state index contributed by atoms with van der Waals surface area (Å²) < 4.78 is 65.6. The number of alkyl halides is 3. The second kappa shape index (κ2) is 7.64. The Morgan fingerprint density at radius 1 is 1.22 bits per heavy atom. The molecule has 0 aromatic heterocycles. The number of carbonyl (C=O) groups is 1. The van der Waals surface area contributed by atoms with Crippen molar-refractivity contribution in [3.05, 3.63) is 24.3 Å². The van der Waals surface area contributed by atoms with E-state index in [0.29, 0.717) is 6.54 Å². The molecule has 0 bridgehead atoms. The molecule has 23 heavy (non-hydrogen) atoms. The van der Waals surface area contributed by atoms with Gasteiger partial charge in [0.05, 0.1) is 11.4 Å². The smallest absolute Gasteiger partial charge is 0.406 e. The summed E-state index contributed by atoms with van der Waals surface area (Å²) in [6.45, 7) is 3.29. The number of halogens is 3. The summed E-state index contributed by atoms with van der Waals surface area (Å²) >= 11 is 0. The van der Waals surface area contributed by atoms with Gasteiger partial charge in [-0.3, -0.25) is 4.79 Å². The van der Waals surface area contributed by atoms with Gasteiger partial charge in [-0.05, 0) is 31.2 Å². The van der Waals surface area contributed by atoms with Gasteiger partial charge in [0.2, 0.25) is 15.9 Å². The molecule has 0 aliphatic carbocycles. The summed E-state index contributed by atoms with van der Waals surface area (Å²) in [4.78, 5) is 11.3. The van der Waals surface area contributed by atoms with Gasteiger partial charge < -0.3 is 10.1 Å². The number of hydrogen-bond donors (Lipinski definition) is 1. The average molecular weight is 354 g/mol. The second-order valence-electron chi connectivity index (χ2n) is 4.40. The lowest BCUT2D eigenvalue weighted by molar-refractivity contribution is -0.274. The molecular weight excluding hydrogens is 337 g/mol. The Hall–Kier alpha value is -1.81. The summed E-state index contributed by atoms with van der Waals surface area (Å²) in [5.41, 5.74) is 0. The van der Waals surface area contributed by atoms with E-state index in [1.54, 1.807) is 13.8 Å². The van der Waals surface area contributed by atoms with Gasteiger partial charge >= 0.3 is 6.36 Å². The van der Waals surface area contributed by atoms with Crippen LogP contribution in [0, 0.1) is 0 Å². The first kappa shape index (κ1) is 19.2. The van der Waals surface area contributed by atoms with E-state index in [1.807, 2.05) is 0 Å². The first-order valence-corrected chi connectivity index (χ1v) is 8.16. The third-order valence-electron chi connectivity index (χ3n) is 2.74. The van der Waals surface area contributed by atoms with Crippen molar-refractivity contribution in [2.24, 2.45) is 0 Å². The molecule has 0 radical (unpaired) electrons. The highest BCUT2D eigenvalue weighted by Gasteiger charge is 2.31. The minimum absolute atomic E-state index is 0.0419. The number of ether oxygens (including phenoxy) is 1. The van der Waals surface area contributed by atoms with Crippen molar-refractivity contribution >= 4 is 15.9 Å². The highest BCUT2D eigenvalue weighted by molar-refractivity contribution is 7.89. The van der Waals surface area contributed by atoms with Crippen molar-refractivity contribution in [2.75, 3.05) is 19.6 Å². The predicted octanol–water partition coefficient (Wildman–Crippen LogP) is 1.73. The molecule has 1 aromatic carbocycles. The van der Waals surface area contributed by atoms with Gasteiger partial charge in [-0.15, -0.1) is 13.2 Å².